The minimum atomic E-state index is 0. The number of ether oxygens (including phenoxy) is 1. The molecule has 5 rings (SSSR count). The van der Waals surface area contributed by atoms with Gasteiger partial charge in [0.2, 0.25) is 0 Å². The van der Waals surface area contributed by atoms with Crippen LogP contribution in [0.3, 0.4) is 0 Å². The van der Waals surface area contributed by atoms with Crippen molar-refractivity contribution in [1.82, 2.24) is 19.7 Å². The molecule has 0 unspecified atom stereocenters. The number of piperazine rings is 1. The molecule has 1 aliphatic heterocycles. The van der Waals surface area contributed by atoms with Crippen LogP contribution in [0.4, 0.5) is 11.5 Å². The maximum Gasteiger partial charge on any atom is 0.151 e. The van der Waals surface area contributed by atoms with Crippen molar-refractivity contribution in [1.29, 1.82) is 0 Å². The average Bonchev–Trinajstić information content (AvgIpc) is 3.30. The molecule has 4 aromatic rings. The zero-order chi connectivity index (χ0) is 21.9. The highest BCUT2D eigenvalue weighted by molar-refractivity contribution is 5.85. The molecule has 1 saturated heterocycles. The van der Waals surface area contributed by atoms with Gasteiger partial charge in [0.25, 0.3) is 0 Å². The zero-order valence-corrected chi connectivity index (χ0v) is 19.6. The molecule has 0 spiro atoms. The van der Waals surface area contributed by atoms with Gasteiger partial charge >= 0.3 is 0 Å². The molecule has 1 aliphatic rings. The largest absolute Gasteiger partial charge is 0.495 e. The van der Waals surface area contributed by atoms with Gasteiger partial charge in [-0.3, -0.25) is 0 Å². The van der Waals surface area contributed by atoms with E-state index in [1.165, 1.54) is 5.69 Å². The molecular weight excluding hydrogens is 436 g/mol. The van der Waals surface area contributed by atoms with Crippen molar-refractivity contribution in [2.45, 2.75) is 6.92 Å². The van der Waals surface area contributed by atoms with E-state index in [-0.39, 0.29) is 12.4 Å². The van der Waals surface area contributed by atoms with E-state index in [4.69, 9.17) is 4.74 Å². The van der Waals surface area contributed by atoms with E-state index in [0.717, 1.165) is 60.4 Å². The molecule has 2 aromatic carbocycles. The molecule has 0 N–H and O–H groups in total. The first-order valence-electron chi connectivity index (χ1n) is 10.8. The summed E-state index contributed by atoms with van der Waals surface area (Å²) in [6, 6.07) is 20.7. The molecule has 1 fully saturated rings. The second-order valence-electron chi connectivity index (χ2n) is 7.90. The number of rotatable bonds is 5. The highest BCUT2D eigenvalue weighted by atomic mass is 35.5. The van der Waals surface area contributed by atoms with Crippen LogP contribution in [-0.4, -0.2) is 53.0 Å². The third kappa shape index (κ3) is 4.78. The van der Waals surface area contributed by atoms with Crippen molar-refractivity contribution in [3.05, 3.63) is 78.9 Å². The Kier molecular flexibility index (Phi) is 6.79. The molecule has 170 valence electrons. The minimum Gasteiger partial charge on any atom is -0.495 e. The number of hydrogen-bond donors (Lipinski definition) is 0. The van der Waals surface area contributed by atoms with Crippen molar-refractivity contribution in [3.63, 3.8) is 0 Å². The molecule has 2 aromatic heterocycles. The number of nitrogens with zero attached hydrogens (tertiary/aromatic N) is 6. The van der Waals surface area contributed by atoms with Crippen LogP contribution in [0.1, 0.15) is 5.69 Å². The predicted octanol–water partition coefficient (Wildman–Crippen LogP) is 4.39. The second-order valence-corrected chi connectivity index (χ2v) is 7.90. The Labute approximate surface area is 200 Å². The maximum atomic E-state index is 5.63. The summed E-state index contributed by atoms with van der Waals surface area (Å²) in [5, 5.41) is 9.02. The van der Waals surface area contributed by atoms with Crippen LogP contribution in [0.25, 0.3) is 16.9 Å². The van der Waals surface area contributed by atoms with E-state index in [9.17, 15) is 0 Å². The molecule has 0 atom stereocenters. The summed E-state index contributed by atoms with van der Waals surface area (Å²) in [6.07, 6.45) is 3.77. The molecule has 0 aliphatic carbocycles. The van der Waals surface area contributed by atoms with Crippen molar-refractivity contribution in [2.24, 2.45) is 0 Å². The number of imidazole rings is 1. The Hall–Kier alpha value is -3.58. The van der Waals surface area contributed by atoms with Gasteiger partial charge in [0.1, 0.15) is 5.75 Å². The van der Waals surface area contributed by atoms with Crippen LogP contribution in [0, 0.1) is 6.92 Å². The summed E-state index contributed by atoms with van der Waals surface area (Å²) < 4.78 is 7.59. The lowest BCUT2D eigenvalue weighted by Crippen LogP contribution is -2.46. The van der Waals surface area contributed by atoms with Crippen molar-refractivity contribution in [2.75, 3.05) is 43.1 Å². The summed E-state index contributed by atoms with van der Waals surface area (Å²) in [4.78, 5) is 9.01. The molecule has 0 bridgehead atoms. The average molecular weight is 463 g/mol. The van der Waals surface area contributed by atoms with Crippen LogP contribution >= 0.6 is 12.4 Å². The monoisotopic (exact) mass is 462 g/mol. The topological polar surface area (TPSA) is 59.3 Å². The van der Waals surface area contributed by atoms with Gasteiger partial charge in [-0.15, -0.1) is 22.6 Å². The van der Waals surface area contributed by atoms with Crippen molar-refractivity contribution >= 4 is 23.9 Å². The first-order chi connectivity index (χ1) is 15.7. The summed E-state index contributed by atoms with van der Waals surface area (Å²) in [5.41, 5.74) is 4.97. The normalized spacial score (nSPS) is 13.5. The van der Waals surface area contributed by atoms with Crippen LogP contribution in [-0.2, 0) is 0 Å². The van der Waals surface area contributed by atoms with Crippen LogP contribution in [0.2, 0.25) is 0 Å². The van der Waals surface area contributed by atoms with Gasteiger partial charge in [0.15, 0.2) is 5.82 Å². The van der Waals surface area contributed by atoms with Gasteiger partial charge in [0, 0.05) is 43.6 Å². The number of anilines is 2. The van der Waals surface area contributed by atoms with Gasteiger partial charge in [-0.1, -0.05) is 24.3 Å². The van der Waals surface area contributed by atoms with E-state index >= 15 is 0 Å². The van der Waals surface area contributed by atoms with E-state index in [0.29, 0.717) is 0 Å². The maximum absolute atomic E-state index is 5.63. The zero-order valence-electron chi connectivity index (χ0n) is 18.8. The molecular formula is C25H27ClN6O. The molecule has 33 heavy (non-hydrogen) atoms. The van der Waals surface area contributed by atoms with Crippen molar-refractivity contribution < 1.29 is 4.74 Å². The minimum absolute atomic E-state index is 0. The second kappa shape index (κ2) is 9.92. The lowest BCUT2D eigenvalue weighted by atomic mass is 10.1. The smallest absolute Gasteiger partial charge is 0.151 e. The number of halogens is 1. The third-order valence-corrected chi connectivity index (χ3v) is 5.84. The van der Waals surface area contributed by atoms with Gasteiger partial charge in [-0.2, -0.15) is 0 Å². The van der Waals surface area contributed by atoms with Gasteiger partial charge in [0.05, 0.1) is 30.5 Å². The molecule has 0 saturated carbocycles. The predicted molar refractivity (Wildman–Crippen MR) is 134 cm³/mol. The number of methoxy groups -OCH3 is 1. The van der Waals surface area contributed by atoms with Crippen molar-refractivity contribution in [3.8, 4) is 22.7 Å². The van der Waals surface area contributed by atoms with E-state index in [2.05, 4.69) is 61.4 Å². The van der Waals surface area contributed by atoms with Gasteiger partial charge < -0.3 is 19.1 Å². The van der Waals surface area contributed by atoms with Crippen LogP contribution in [0.15, 0.2) is 73.2 Å². The lowest BCUT2D eigenvalue weighted by molar-refractivity contribution is 0.413. The lowest BCUT2D eigenvalue weighted by Gasteiger charge is -2.36. The Morgan fingerprint density at radius 1 is 0.848 bits per heavy atom. The standard InChI is InChI=1S/C25H26N6O.ClH/c1-19-17-31(18-26-19)23-10-8-20(16-24(23)32-2)22-9-11-25(28-27-22)30-14-12-29(13-15-30)21-6-4-3-5-7-21;/h3-11,16-18H,12-15H2,1-2H3;1H. The fraction of sp³-hybridized carbons (Fsp3) is 0.240. The highest BCUT2D eigenvalue weighted by Gasteiger charge is 2.19. The van der Waals surface area contributed by atoms with E-state index in [1.807, 2.05) is 42.0 Å². The Morgan fingerprint density at radius 3 is 2.24 bits per heavy atom. The first kappa shape index (κ1) is 22.6. The van der Waals surface area contributed by atoms with Gasteiger partial charge in [-0.25, -0.2) is 4.98 Å². The number of aromatic nitrogens is 4. The number of benzene rings is 2. The molecule has 0 amide bonds. The third-order valence-electron chi connectivity index (χ3n) is 5.84. The summed E-state index contributed by atoms with van der Waals surface area (Å²) >= 11 is 0. The van der Waals surface area contributed by atoms with Gasteiger partial charge in [-0.05, 0) is 43.3 Å². The molecule has 3 heterocycles. The summed E-state index contributed by atoms with van der Waals surface area (Å²) in [6.45, 7) is 5.77. The Balaban J connectivity index is 0.00000259. The number of para-hydroxylation sites is 1. The Bertz CT molecular complexity index is 1190. The van der Waals surface area contributed by atoms with Crippen LogP contribution in [0.5, 0.6) is 5.75 Å². The van der Waals surface area contributed by atoms with E-state index in [1.54, 1.807) is 13.4 Å². The fourth-order valence-electron chi connectivity index (χ4n) is 4.08. The summed E-state index contributed by atoms with van der Waals surface area (Å²) in [5.74, 6) is 1.68. The first-order valence-corrected chi connectivity index (χ1v) is 10.8. The number of aryl methyl sites for hydroxylation is 1. The Morgan fingerprint density at radius 2 is 1.61 bits per heavy atom. The summed E-state index contributed by atoms with van der Waals surface area (Å²) in [7, 11) is 1.68. The van der Waals surface area contributed by atoms with Crippen LogP contribution < -0.4 is 14.5 Å². The SMILES string of the molecule is COc1cc(-c2ccc(N3CCN(c4ccccc4)CC3)nn2)ccc1-n1cnc(C)c1.Cl. The quantitative estimate of drug-likeness (QED) is 0.438. The fourth-order valence-corrected chi connectivity index (χ4v) is 4.08. The molecule has 8 heteroatoms. The van der Waals surface area contributed by atoms with E-state index < -0.39 is 0 Å². The highest BCUT2D eigenvalue weighted by Crippen LogP contribution is 2.29. The number of hydrogen-bond acceptors (Lipinski definition) is 6. The molecule has 7 nitrogen and oxygen atoms in total. The molecule has 0 radical (unpaired) electrons.